The molecule has 3 rings (SSSR count). The molecule has 0 spiro atoms. The van der Waals surface area contributed by atoms with Crippen molar-refractivity contribution in [1.29, 1.82) is 0 Å². The number of aryl methyl sites for hydroxylation is 3. The van der Waals surface area contributed by atoms with Crippen molar-refractivity contribution in [2.75, 3.05) is 0 Å². The zero-order valence-electron chi connectivity index (χ0n) is 9.88. The molecule has 3 aromatic heterocycles. The lowest BCUT2D eigenvalue weighted by atomic mass is 10.2. The Labute approximate surface area is 107 Å². The van der Waals surface area contributed by atoms with Crippen molar-refractivity contribution >= 4 is 21.6 Å². The van der Waals surface area contributed by atoms with Gasteiger partial charge in [0.15, 0.2) is 0 Å². The predicted octanol–water partition coefficient (Wildman–Crippen LogP) is 1.73. The van der Waals surface area contributed by atoms with Crippen LogP contribution in [-0.2, 0) is 13.0 Å². The van der Waals surface area contributed by atoms with Crippen molar-refractivity contribution in [3.8, 4) is 0 Å². The lowest BCUT2D eigenvalue weighted by Gasteiger charge is -2.03. The normalized spacial score (nSPS) is 11.2. The van der Waals surface area contributed by atoms with Crippen molar-refractivity contribution in [2.45, 2.75) is 19.9 Å². The number of H-pyrrole nitrogens is 1. The van der Waals surface area contributed by atoms with Crippen LogP contribution in [0.15, 0.2) is 28.9 Å². The van der Waals surface area contributed by atoms with Crippen LogP contribution in [0.3, 0.4) is 0 Å². The maximum atomic E-state index is 12.2. The topological polar surface area (TPSA) is 63.6 Å². The molecule has 0 saturated heterocycles. The van der Waals surface area contributed by atoms with Crippen molar-refractivity contribution in [2.24, 2.45) is 0 Å². The highest BCUT2D eigenvalue weighted by molar-refractivity contribution is 7.17. The average Bonchev–Trinajstić information content (AvgIpc) is 2.99. The van der Waals surface area contributed by atoms with Crippen molar-refractivity contribution < 1.29 is 0 Å². The van der Waals surface area contributed by atoms with Crippen LogP contribution in [0.25, 0.3) is 10.2 Å². The third kappa shape index (κ3) is 1.84. The Morgan fingerprint density at radius 3 is 3.17 bits per heavy atom. The van der Waals surface area contributed by atoms with Crippen LogP contribution in [0.5, 0.6) is 0 Å². The molecule has 6 heteroatoms. The number of nitrogens with one attached hydrogen (secondary N) is 1. The second-order valence-corrected chi connectivity index (χ2v) is 5.08. The van der Waals surface area contributed by atoms with Gasteiger partial charge in [0, 0.05) is 12.7 Å². The molecule has 0 radical (unpaired) electrons. The molecular weight excluding hydrogens is 248 g/mol. The summed E-state index contributed by atoms with van der Waals surface area (Å²) in [6.45, 7) is 2.60. The van der Waals surface area contributed by atoms with Gasteiger partial charge in [0.1, 0.15) is 4.70 Å². The van der Waals surface area contributed by atoms with E-state index >= 15 is 0 Å². The maximum Gasteiger partial charge on any atom is 0.271 e. The largest absolute Gasteiger partial charge is 0.298 e. The number of aromatic amines is 1. The standard InChI is InChI=1S/C12H12N4OS/c1-8-6-18-11-10(8)13-7-16(12(11)17)3-2-9-4-14-15-5-9/h4-7H,2-3H2,1H3,(H,14,15). The number of hydrogen-bond acceptors (Lipinski definition) is 4. The van der Waals surface area contributed by atoms with E-state index in [4.69, 9.17) is 0 Å². The second-order valence-electron chi connectivity index (χ2n) is 4.20. The van der Waals surface area contributed by atoms with Crippen LogP contribution in [-0.4, -0.2) is 19.7 Å². The highest BCUT2D eigenvalue weighted by atomic mass is 32.1. The molecule has 3 heterocycles. The Hall–Kier alpha value is -1.95. The van der Waals surface area contributed by atoms with Gasteiger partial charge < -0.3 is 0 Å². The molecule has 0 aromatic carbocycles. The summed E-state index contributed by atoms with van der Waals surface area (Å²) in [5.41, 5.74) is 3.02. The molecule has 0 bridgehead atoms. The minimum atomic E-state index is 0.0431. The summed E-state index contributed by atoms with van der Waals surface area (Å²) in [7, 11) is 0. The Kier molecular flexibility index (Phi) is 2.71. The predicted molar refractivity (Wildman–Crippen MR) is 70.9 cm³/mol. The Morgan fingerprint density at radius 2 is 2.39 bits per heavy atom. The molecule has 5 nitrogen and oxygen atoms in total. The molecule has 0 atom stereocenters. The van der Waals surface area contributed by atoms with Gasteiger partial charge in [0.2, 0.25) is 0 Å². The maximum absolute atomic E-state index is 12.2. The van der Waals surface area contributed by atoms with Crippen LogP contribution in [0.1, 0.15) is 11.1 Å². The quantitative estimate of drug-likeness (QED) is 0.780. The van der Waals surface area contributed by atoms with Crippen LogP contribution in [0.2, 0.25) is 0 Å². The van der Waals surface area contributed by atoms with E-state index < -0.39 is 0 Å². The van der Waals surface area contributed by atoms with Gasteiger partial charge in [0.25, 0.3) is 5.56 Å². The zero-order chi connectivity index (χ0) is 12.5. The molecule has 18 heavy (non-hydrogen) atoms. The first-order valence-corrected chi connectivity index (χ1v) is 6.54. The first kappa shape index (κ1) is 11.2. The fourth-order valence-electron chi connectivity index (χ4n) is 1.88. The highest BCUT2D eigenvalue weighted by Gasteiger charge is 2.08. The average molecular weight is 260 g/mol. The number of fused-ring (bicyclic) bond motifs is 1. The van der Waals surface area contributed by atoms with Gasteiger partial charge in [-0.1, -0.05) is 0 Å². The second kappa shape index (κ2) is 4.38. The fourth-order valence-corrected chi connectivity index (χ4v) is 2.83. The number of rotatable bonds is 3. The van der Waals surface area contributed by atoms with Crippen molar-refractivity contribution in [3.63, 3.8) is 0 Å². The van der Waals surface area contributed by atoms with Gasteiger partial charge in [-0.15, -0.1) is 11.3 Å². The van der Waals surface area contributed by atoms with Crippen molar-refractivity contribution in [3.05, 3.63) is 45.6 Å². The molecule has 0 fully saturated rings. The number of nitrogens with zero attached hydrogens (tertiary/aromatic N) is 3. The Morgan fingerprint density at radius 1 is 1.50 bits per heavy atom. The van der Waals surface area contributed by atoms with Crippen LogP contribution < -0.4 is 5.56 Å². The third-order valence-corrected chi connectivity index (χ3v) is 3.99. The summed E-state index contributed by atoms with van der Waals surface area (Å²) in [5.74, 6) is 0. The molecule has 1 N–H and O–H groups in total. The fraction of sp³-hybridized carbons (Fsp3) is 0.250. The number of aromatic nitrogens is 4. The van der Waals surface area contributed by atoms with E-state index in [9.17, 15) is 4.79 Å². The first-order valence-electron chi connectivity index (χ1n) is 5.66. The van der Waals surface area contributed by atoms with E-state index in [1.54, 1.807) is 17.1 Å². The van der Waals surface area contributed by atoms with Crippen LogP contribution in [0, 0.1) is 6.92 Å². The summed E-state index contributed by atoms with van der Waals surface area (Å²) in [4.78, 5) is 16.6. The first-order chi connectivity index (χ1) is 8.75. The lowest BCUT2D eigenvalue weighted by Crippen LogP contribution is -2.20. The molecule has 0 aliphatic carbocycles. The van der Waals surface area contributed by atoms with Gasteiger partial charge in [-0.2, -0.15) is 5.10 Å². The van der Waals surface area contributed by atoms with Crippen LogP contribution >= 0.6 is 11.3 Å². The SMILES string of the molecule is Cc1csc2c(=O)n(CCc3cn[nH]c3)cnc12. The molecule has 92 valence electrons. The van der Waals surface area contributed by atoms with Gasteiger partial charge >= 0.3 is 0 Å². The number of thiophene rings is 1. The molecule has 0 aliphatic heterocycles. The smallest absolute Gasteiger partial charge is 0.271 e. The summed E-state index contributed by atoms with van der Waals surface area (Å²) in [5, 5.41) is 8.62. The minimum absolute atomic E-state index is 0.0431. The Balaban J connectivity index is 1.93. The van der Waals surface area contributed by atoms with Crippen LogP contribution in [0.4, 0.5) is 0 Å². The van der Waals surface area contributed by atoms with Gasteiger partial charge in [-0.05, 0) is 29.9 Å². The molecule has 0 saturated carbocycles. The number of hydrogen-bond donors (Lipinski definition) is 1. The van der Waals surface area contributed by atoms with Gasteiger partial charge in [-0.3, -0.25) is 14.5 Å². The van der Waals surface area contributed by atoms with Crippen molar-refractivity contribution in [1.82, 2.24) is 19.7 Å². The van der Waals surface area contributed by atoms with E-state index in [2.05, 4.69) is 15.2 Å². The summed E-state index contributed by atoms with van der Waals surface area (Å²) in [6, 6.07) is 0. The molecule has 3 aromatic rings. The van der Waals surface area contributed by atoms with E-state index in [0.717, 1.165) is 27.8 Å². The Bertz CT molecular complexity index is 726. The molecule has 0 aliphatic rings. The van der Waals surface area contributed by atoms with E-state index in [-0.39, 0.29) is 5.56 Å². The summed E-state index contributed by atoms with van der Waals surface area (Å²) >= 11 is 1.46. The lowest BCUT2D eigenvalue weighted by molar-refractivity contribution is 0.663. The molecular formula is C12H12N4OS. The van der Waals surface area contributed by atoms with Gasteiger partial charge in [-0.25, -0.2) is 4.98 Å². The van der Waals surface area contributed by atoms with E-state index in [1.165, 1.54) is 11.3 Å². The molecule has 0 unspecified atom stereocenters. The van der Waals surface area contributed by atoms with E-state index in [1.807, 2.05) is 18.5 Å². The third-order valence-electron chi connectivity index (χ3n) is 2.92. The zero-order valence-corrected chi connectivity index (χ0v) is 10.7. The monoisotopic (exact) mass is 260 g/mol. The minimum Gasteiger partial charge on any atom is -0.298 e. The van der Waals surface area contributed by atoms with E-state index in [0.29, 0.717) is 6.54 Å². The summed E-state index contributed by atoms with van der Waals surface area (Å²) in [6.07, 6.45) is 6.01. The summed E-state index contributed by atoms with van der Waals surface area (Å²) < 4.78 is 2.40. The highest BCUT2D eigenvalue weighted by Crippen LogP contribution is 2.19. The van der Waals surface area contributed by atoms with Gasteiger partial charge in [0.05, 0.1) is 18.0 Å². The molecule has 0 amide bonds.